The summed E-state index contributed by atoms with van der Waals surface area (Å²) in [6.07, 6.45) is 0. The molecule has 0 amide bonds. The first-order valence-electron chi connectivity index (χ1n) is 0.836. The summed E-state index contributed by atoms with van der Waals surface area (Å²) < 4.78 is 0. The molecule has 1 N–H and O–H groups in total. The van der Waals surface area contributed by atoms with Gasteiger partial charge in [-0.2, -0.15) is 6.92 Å². The molecule has 2 heteroatoms. The largest absolute Gasteiger partial charge is 0.566 e. The minimum Gasteiger partial charge on any atom is -0.566 e. The molecule has 0 heterocycles. The molecule has 0 rings (SSSR count). The molecule has 1 radical (unpaired) electrons. The van der Waals surface area contributed by atoms with Crippen LogP contribution in [0.25, 0.3) is 0 Å². The minimum absolute atomic E-state index is 0. The van der Waals surface area contributed by atoms with Crippen LogP contribution in [0.1, 0.15) is 6.92 Å². The number of rotatable bonds is 0. The maximum absolute atomic E-state index is 7.44. The SMILES string of the molecule is C[CH-]O.[Rh]. The Morgan fingerprint density at radius 2 is 1.75 bits per heavy atom. The van der Waals surface area contributed by atoms with Crippen molar-refractivity contribution in [3.63, 3.8) is 0 Å². The van der Waals surface area contributed by atoms with Gasteiger partial charge < -0.3 is 5.11 Å². The Balaban J connectivity index is 0. The Morgan fingerprint density at radius 1 is 1.75 bits per heavy atom. The summed E-state index contributed by atoms with van der Waals surface area (Å²) in [6.45, 7) is 2.56. The third-order valence-corrected chi connectivity index (χ3v) is 0. The Labute approximate surface area is 38.8 Å². The van der Waals surface area contributed by atoms with Gasteiger partial charge in [-0.15, -0.1) is 0 Å². The zero-order chi connectivity index (χ0) is 2.71. The fourth-order valence-corrected chi connectivity index (χ4v) is 0. The predicted octanol–water partition coefficient (Wildman–Crippen LogP) is 0.538. The van der Waals surface area contributed by atoms with E-state index in [1.807, 2.05) is 0 Å². The summed E-state index contributed by atoms with van der Waals surface area (Å²) in [5, 5.41) is 7.44. The molecule has 0 aliphatic carbocycles. The second kappa shape index (κ2) is 9.54. The Bertz CT molecular complexity index is 6.00. The van der Waals surface area contributed by atoms with E-state index in [-0.39, 0.29) is 19.5 Å². The van der Waals surface area contributed by atoms with Gasteiger partial charge >= 0.3 is 0 Å². The van der Waals surface area contributed by atoms with Gasteiger partial charge in [0.1, 0.15) is 0 Å². The van der Waals surface area contributed by atoms with Crippen LogP contribution in [0.4, 0.5) is 0 Å². The standard InChI is InChI=1S/C2H5O.Rh/c1-2-3;/h2-3H,1H3;/q-1;. The molecular formula is C2H5ORh-. The van der Waals surface area contributed by atoms with E-state index in [1.165, 1.54) is 0 Å². The van der Waals surface area contributed by atoms with Crippen molar-refractivity contribution in [2.45, 2.75) is 6.92 Å². The zero-order valence-electron chi connectivity index (χ0n) is 2.36. The summed E-state index contributed by atoms with van der Waals surface area (Å²) in [7, 11) is 0. The van der Waals surface area contributed by atoms with Gasteiger partial charge in [-0.05, 0) is 0 Å². The average molecular weight is 148 g/mol. The number of aliphatic hydroxyl groups is 1. The molecule has 0 atom stereocenters. The van der Waals surface area contributed by atoms with Crippen molar-refractivity contribution in [2.75, 3.05) is 0 Å². The molecule has 0 saturated carbocycles. The van der Waals surface area contributed by atoms with Crippen molar-refractivity contribution in [3.05, 3.63) is 6.61 Å². The van der Waals surface area contributed by atoms with E-state index in [9.17, 15) is 0 Å². The van der Waals surface area contributed by atoms with Crippen LogP contribution in [-0.4, -0.2) is 5.11 Å². The van der Waals surface area contributed by atoms with Crippen LogP contribution in [0.2, 0.25) is 0 Å². The van der Waals surface area contributed by atoms with Gasteiger partial charge in [0.05, 0.1) is 0 Å². The van der Waals surface area contributed by atoms with Gasteiger partial charge in [0, 0.05) is 19.5 Å². The molecule has 4 heavy (non-hydrogen) atoms. The molecule has 0 saturated heterocycles. The second-order valence-electron chi connectivity index (χ2n) is 0.258. The molecule has 0 fully saturated rings. The molecule has 0 aromatic carbocycles. The van der Waals surface area contributed by atoms with Crippen molar-refractivity contribution in [3.8, 4) is 0 Å². The van der Waals surface area contributed by atoms with Crippen molar-refractivity contribution in [2.24, 2.45) is 0 Å². The molecular weight excluding hydrogens is 143 g/mol. The zero-order valence-corrected chi connectivity index (χ0v) is 4.00. The normalized spacial score (nSPS) is 4.50. The van der Waals surface area contributed by atoms with Crippen LogP contribution in [0, 0.1) is 6.61 Å². The van der Waals surface area contributed by atoms with Gasteiger partial charge in [-0.25, -0.2) is 6.61 Å². The molecule has 0 aromatic rings. The third kappa shape index (κ3) is 19.0. The quantitative estimate of drug-likeness (QED) is 0.392. The smallest absolute Gasteiger partial charge is 0 e. The fourth-order valence-electron chi connectivity index (χ4n) is 0. The summed E-state index contributed by atoms with van der Waals surface area (Å²) in [4.78, 5) is 0. The second-order valence-corrected chi connectivity index (χ2v) is 0.258. The summed E-state index contributed by atoms with van der Waals surface area (Å²) in [5.74, 6) is 0. The summed E-state index contributed by atoms with van der Waals surface area (Å²) in [6, 6.07) is 0. The first-order chi connectivity index (χ1) is 1.41. The van der Waals surface area contributed by atoms with Gasteiger partial charge in [0.2, 0.25) is 0 Å². The fraction of sp³-hybridized carbons (Fsp3) is 0.500. The van der Waals surface area contributed by atoms with E-state index >= 15 is 0 Å². The minimum atomic E-state index is 0. The molecule has 0 bridgehead atoms. The van der Waals surface area contributed by atoms with E-state index in [2.05, 4.69) is 0 Å². The molecule has 0 aliphatic rings. The molecule has 0 spiro atoms. The van der Waals surface area contributed by atoms with Crippen LogP contribution in [-0.2, 0) is 19.5 Å². The van der Waals surface area contributed by atoms with E-state index in [0.29, 0.717) is 0 Å². The Kier molecular flexibility index (Phi) is 21.0. The van der Waals surface area contributed by atoms with Crippen molar-refractivity contribution in [1.29, 1.82) is 0 Å². The maximum atomic E-state index is 7.44. The van der Waals surface area contributed by atoms with Crippen molar-refractivity contribution in [1.82, 2.24) is 0 Å². The monoisotopic (exact) mass is 148 g/mol. The third-order valence-electron chi connectivity index (χ3n) is 0. The Hall–Kier alpha value is 0.583. The van der Waals surface area contributed by atoms with Crippen molar-refractivity contribution < 1.29 is 24.6 Å². The molecule has 0 unspecified atom stereocenters. The van der Waals surface area contributed by atoms with Gasteiger partial charge in [0.25, 0.3) is 0 Å². The van der Waals surface area contributed by atoms with Crippen LogP contribution < -0.4 is 0 Å². The van der Waals surface area contributed by atoms with Crippen molar-refractivity contribution >= 4 is 0 Å². The van der Waals surface area contributed by atoms with Gasteiger partial charge in [0.15, 0.2) is 0 Å². The topological polar surface area (TPSA) is 20.2 Å². The van der Waals surface area contributed by atoms with Gasteiger partial charge in [-0.3, -0.25) is 0 Å². The summed E-state index contributed by atoms with van der Waals surface area (Å²) in [5.41, 5.74) is 0. The Morgan fingerprint density at radius 3 is 1.75 bits per heavy atom. The van der Waals surface area contributed by atoms with E-state index in [1.54, 1.807) is 6.92 Å². The molecule has 1 nitrogen and oxygen atoms in total. The van der Waals surface area contributed by atoms with Crippen LogP contribution in [0.5, 0.6) is 0 Å². The maximum Gasteiger partial charge on any atom is 0 e. The first-order valence-corrected chi connectivity index (χ1v) is 0.836. The van der Waals surface area contributed by atoms with Crippen LogP contribution >= 0.6 is 0 Å². The van der Waals surface area contributed by atoms with E-state index < -0.39 is 0 Å². The van der Waals surface area contributed by atoms with Crippen LogP contribution in [0.3, 0.4) is 0 Å². The summed E-state index contributed by atoms with van der Waals surface area (Å²) >= 11 is 0. The van der Waals surface area contributed by atoms with Gasteiger partial charge in [-0.1, -0.05) is 0 Å². The molecule has 29 valence electrons. The number of aliphatic hydroxyl groups excluding tert-OH is 1. The number of hydrogen-bond donors (Lipinski definition) is 1. The van der Waals surface area contributed by atoms with E-state index in [0.717, 1.165) is 6.61 Å². The first kappa shape index (κ1) is 8.82. The van der Waals surface area contributed by atoms with E-state index in [4.69, 9.17) is 5.11 Å². The molecule has 0 aliphatic heterocycles. The van der Waals surface area contributed by atoms with Crippen LogP contribution in [0.15, 0.2) is 0 Å². The predicted molar refractivity (Wildman–Crippen MR) is 11.9 cm³/mol. The number of hydrogen-bond acceptors (Lipinski definition) is 1. The average Bonchev–Trinajstić information content (AvgIpc) is 0.918. The molecule has 0 aromatic heterocycles.